The lowest BCUT2D eigenvalue weighted by atomic mass is 10.4. The third-order valence-corrected chi connectivity index (χ3v) is 0.549. The average molecular weight is 102 g/mol. The number of nitrogens with one attached hydrogen (secondary N) is 1. The Kier molecular flexibility index (Phi) is 2.37. The molecule has 0 fully saturated rings. The maximum atomic E-state index is 10.1. The lowest BCUT2D eigenvalue weighted by Gasteiger charge is -1.97. The first kappa shape index (κ1) is 6.43. The molecule has 0 spiro atoms. The molecule has 2 N–H and O–H groups in total. The van der Waals surface area contributed by atoms with Crippen LogP contribution in [0.15, 0.2) is 0 Å². The topological polar surface area (TPSA) is 49.3 Å². The van der Waals surface area contributed by atoms with Crippen molar-refractivity contribution >= 4 is 5.91 Å². The fraction of sp³-hybridized carbons (Fsp3) is 0.500. The van der Waals surface area contributed by atoms with Crippen molar-refractivity contribution in [2.45, 2.75) is 6.10 Å². The fourth-order valence-electron chi connectivity index (χ4n) is 0.167. The van der Waals surface area contributed by atoms with Gasteiger partial charge in [0.2, 0.25) is 5.91 Å². The van der Waals surface area contributed by atoms with Crippen LogP contribution >= 0.6 is 0 Å². The molecule has 0 saturated heterocycles. The Labute approximate surface area is 42.3 Å². The van der Waals surface area contributed by atoms with Gasteiger partial charge in [-0.15, -0.1) is 0 Å². The maximum absolute atomic E-state index is 10.1. The Morgan fingerprint density at radius 1 is 2.00 bits per heavy atom. The summed E-state index contributed by atoms with van der Waals surface area (Å²) >= 11 is 0. The molecule has 7 heavy (non-hydrogen) atoms. The first-order chi connectivity index (χ1) is 3.18. The highest BCUT2D eigenvalue weighted by atomic mass is 16.3. The summed E-state index contributed by atoms with van der Waals surface area (Å²) in [6, 6.07) is 0. The summed E-state index contributed by atoms with van der Waals surface area (Å²) in [5.41, 5.74) is 0. The largest absolute Gasteiger partial charge is 0.383 e. The molecule has 1 radical (unpaired) electrons. The number of aliphatic hydroxyl groups is 1. The molecule has 3 heteroatoms. The quantitative estimate of drug-likeness (QED) is 0.443. The predicted octanol–water partition coefficient (Wildman–Crippen LogP) is -1.07. The minimum atomic E-state index is -1.13. The van der Waals surface area contributed by atoms with E-state index in [1.165, 1.54) is 7.05 Å². The molecule has 0 aromatic rings. The summed E-state index contributed by atoms with van der Waals surface area (Å²) in [5, 5.41) is 10.5. The second-order valence-corrected chi connectivity index (χ2v) is 1.13. The zero-order chi connectivity index (χ0) is 5.86. The van der Waals surface area contributed by atoms with Gasteiger partial charge in [-0.3, -0.25) is 4.79 Å². The lowest BCUT2D eigenvalue weighted by molar-refractivity contribution is -0.126. The zero-order valence-electron chi connectivity index (χ0n) is 4.14. The molecule has 1 atom stereocenters. The SMILES string of the molecule is [CH2]C(O)C(=O)NC. The van der Waals surface area contributed by atoms with Crippen molar-refractivity contribution in [2.24, 2.45) is 0 Å². The van der Waals surface area contributed by atoms with Crippen molar-refractivity contribution in [3.8, 4) is 0 Å². The highest BCUT2D eigenvalue weighted by molar-refractivity contribution is 5.80. The molecule has 0 aliphatic heterocycles. The molecule has 3 nitrogen and oxygen atoms in total. The van der Waals surface area contributed by atoms with Gasteiger partial charge in [-0.1, -0.05) is 0 Å². The standard InChI is InChI=1S/C4H8NO2/c1-3(6)4(7)5-2/h3,6H,1H2,2H3,(H,5,7). The number of likely N-dealkylation sites (N-methyl/N-ethyl adjacent to an activating group) is 1. The monoisotopic (exact) mass is 102 g/mol. The summed E-state index contributed by atoms with van der Waals surface area (Å²) in [5.74, 6) is -0.458. The summed E-state index contributed by atoms with van der Waals surface area (Å²) in [6.45, 7) is 3.05. The highest BCUT2D eigenvalue weighted by Crippen LogP contribution is 1.73. The van der Waals surface area contributed by atoms with Crippen LogP contribution in [0.4, 0.5) is 0 Å². The van der Waals surface area contributed by atoms with E-state index in [2.05, 4.69) is 12.2 Å². The number of aliphatic hydroxyl groups excluding tert-OH is 1. The number of carbonyl (C=O) groups is 1. The molecule has 0 aliphatic carbocycles. The van der Waals surface area contributed by atoms with Crippen molar-refractivity contribution in [3.63, 3.8) is 0 Å². The Morgan fingerprint density at radius 2 is 2.43 bits per heavy atom. The number of amides is 1. The summed E-state index contributed by atoms with van der Waals surface area (Å²) < 4.78 is 0. The van der Waals surface area contributed by atoms with Crippen LogP contribution in [0.1, 0.15) is 0 Å². The minimum Gasteiger partial charge on any atom is -0.383 e. The van der Waals surface area contributed by atoms with Gasteiger partial charge in [0, 0.05) is 7.05 Å². The van der Waals surface area contributed by atoms with Gasteiger partial charge in [-0.05, 0) is 6.92 Å². The Morgan fingerprint density at radius 3 is 2.43 bits per heavy atom. The van der Waals surface area contributed by atoms with Crippen LogP contribution < -0.4 is 5.32 Å². The van der Waals surface area contributed by atoms with E-state index in [-0.39, 0.29) is 0 Å². The second-order valence-electron chi connectivity index (χ2n) is 1.13. The molecular formula is C4H8NO2. The summed E-state index contributed by atoms with van der Waals surface area (Å²) in [4.78, 5) is 10.1. The molecule has 0 heterocycles. The minimum absolute atomic E-state index is 0.458. The van der Waals surface area contributed by atoms with Crippen LogP contribution in [0.3, 0.4) is 0 Å². The van der Waals surface area contributed by atoms with Crippen LogP contribution in [-0.2, 0) is 4.79 Å². The van der Waals surface area contributed by atoms with Crippen molar-refractivity contribution in [3.05, 3.63) is 6.92 Å². The van der Waals surface area contributed by atoms with Gasteiger partial charge >= 0.3 is 0 Å². The van der Waals surface area contributed by atoms with Crippen LogP contribution in [0.2, 0.25) is 0 Å². The van der Waals surface area contributed by atoms with E-state index in [0.717, 1.165) is 0 Å². The van der Waals surface area contributed by atoms with Gasteiger partial charge in [-0.25, -0.2) is 0 Å². The molecule has 41 valence electrons. The van der Waals surface area contributed by atoms with Crippen LogP contribution in [-0.4, -0.2) is 24.2 Å². The first-order valence-electron chi connectivity index (χ1n) is 1.91. The summed E-state index contributed by atoms with van der Waals surface area (Å²) in [6.07, 6.45) is -1.13. The number of hydrogen-bond acceptors (Lipinski definition) is 2. The second kappa shape index (κ2) is 2.58. The van der Waals surface area contributed by atoms with Gasteiger partial charge in [0.05, 0.1) is 0 Å². The molecule has 0 rings (SSSR count). The average Bonchev–Trinajstić information content (AvgIpc) is 1.65. The third-order valence-electron chi connectivity index (χ3n) is 0.549. The van der Waals surface area contributed by atoms with Crippen molar-refractivity contribution in [2.75, 3.05) is 7.05 Å². The fourth-order valence-corrected chi connectivity index (χ4v) is 0.167. The number of rotatable bonds is 1. The Hall–Kier alpha value is -0.570. The predicted molar refractivity (Wildman–Crippen MR) is 25.4 cm³/mol. The smallest absolute Gasteiger partial charge is 0.248 e. The van der Waals surface area contributed by atoms with E-state index < -0.39 is 12.0 Å². The molecule has 0 bridgehead atoms. The zero-order valence-corrected chi connectivity index (χ0v) is 4.14. The Bertz CT molecular complexity index is 70.1. The van der Waals surface area contributed by atoms with Gasteiger partial charge in [0.1, 0.15) is 6.10 Å². The third kappa shape index (κ3) is 2.17. The first-order valence-corrected chi connectivity index (χ1v) is 1.91. The molecule has 0 aromatic carbocycles. The van der Waals surface area contributed by atoms with E-state index in [1.807, 2.05) is 0 Å². The van der Waals surface area contributed by atoms with E-state index >= 15 is 0 Å². The maximum Gasteiger partial charge on any atom is 0.248 e. The lowest BCUT2D eigenvalue weighted by Crippen LogP contribution is -2.29. The molecule has 0 aromatic heterocycles. The van der Waals surface area contributed by atoms with E-state index in [4.69, 9.17) is 5.11 Å². The summed E-state index contributed by atoms with van der Waals surface area (Å²) in [7, 11) is 1.44. The van der Waals surface area contributed by atoms with Crippen LogP contribution in [0.25, 0.3) is 0 Å². The van der Waals surface area contributed by atoms with Gasteiger partial charge in [0.25, 0.3) is 0 Å². The van der Waals surface area contributed by atoms with Crippen molar-refractivity contribution < 1.29 is 9.90 Å². The Balaban J connectivity index is 3.35. The van der Waals surface area contributed by atoms with Crippen LogP contribution in [0.5, 0.6) is 0 Å². The van der Waals surface area contributed by atoms with Crippen molar-refractivity contribution in [1.82, 2.24) is 5.32 Å². The van der Waals surface area contributed by atoms with E-state index in [9.17, 15) is 4.79 Å². The van der Waals surface area contributed by atoms with Gasteiger partial charge < -0.3 is 10.4 Å². The molecule has 0 aliphatic rings. The molecule has 0 saturated carbocycles. The normalized spacial score (nSPS) is 13.0. The van der Waals surface area contributed by atoms with Crippen molar-refractivity contribution in [1.29, 1.82) is 0 Å². The van der Waals surface area contributed by atoms with Gasteiger partial charge in [0.15, 0.2) is 0 Å². The molecule has 1 amide bonds. The molecule has 1 unspecified atom stereocenters. The molecular weight excluding hydrogens is 94.0 g/mol. The van der Waals surface area contributed by atoms with E-state index in [0.29, 0.717) is 0 Å². The van der Waals surface area contributed by atoms with Gasteiger partial charge in [-0.2, -0.15) is 0 Å². The number of carbonyl (C=O) groups excluding carboxylic acids is 1. The highest BCUT2D eigenvalue weighted by Gasteiger charge is 2.02. The number of hydrogen-bond donors (Lipinski definition) is 2. The van der Waals surface area contributed by atoms with Crippen LogP contribution in [0, 0.1) is 6.92 Å². The van der Waals surface area contributed by atoms with E-state index in [1.54, 1.807) is 0 Å².